The van der Waals surface area contributed by atoms with E-state index in [0.717, 1.165) is 15.0 Å². The summed E-state index contributed by atoms with van der Waals surface area (Å²) in [6.07, 6.45) is 0. The van der Waals surface area contributed by atoms with Crippen LogP contribution in [0.1, 0.15) is 6.92 Å². The molecule has 0 saturated heterocycles. The molecule has 0 atom stereocenters. The average Bonchev–Trinajstić information content (AvgIpc) is 2.63. The Kier molecular flexibility index (Phi) is 3.14. The van der Waals surface area contributed by atoms with Crippen LogP contribution in [0.5, 0.6) is 0 Å². The standard InChI is InChI=1S/C11H14N4OS/c1-3-15(10(12)16)13-11-14(2)8-6-4-5-7-9(8)17-11/h4-7H,3H2,1-2H3,(H2,12,16)/b13-11+. The summed E-state index contributed by atoms with van der Waals surface area (Å²) in [5.41, 5.74) is 6.32. The van der Waals surface area contributed by atoms with Gasteiger partial charge in [0, 0.05) is 13.6 Å². The SMILES string of the molecule is CCN(/N=c1/sc2ccccc2n1C)C(N)=O. The normalized spacial score (nSPS) is 12.0. The molecule has 0 aliphatic rings. The summed E-state index contributed by atoms with van der Waals surface area (Å²) in [7, 11) is 1.92. The molecule has 0 saturated carbocycles. The number of urea groups is 1. The molecule has 0 bridgehead atoms. The van der Waals surface area contributed by atoms with Crippen LogP contribution in [0.25, 0.3) is 10.2 Å². The predicted molar refractivity (Wildman–Crippen MR) is 68.3 cm³/mol. The van der Waals surface area contributed by atoms with Crippen molar-refractivity contribution in [3.05, 3.63) is 29.1 Å². The van der Waals surface area contributed by atoms with Crippen LogP contribution in [0.2, 0.25) is 0 Å². The number of rotatable bonds is 2. The second-order valence-corrected chi connectivity index (χ2v) is 4.57. The first-order valence-electron chi connectivity index (χ1n) is 5.29. The molecule has 0 aliphatic heterocycles. The Morgan fingerprint density at radius 3 is 2.82 bits per heavy atom. The molecule has 90 valence electrons. The lowest BCUT2D eigenvalue weighted by Crippen LogP contribution is -2.33. The number of carbonyl (C=O) groups excluding carboxylic acids is 1. The molecule has 1 aromatic heterocycles. The maximum Gasteiger partial charge on any atom is 0.335 e. The lowest BCUT2D eigenvalue weighted by Gasteiger charge is -2.09. The molecule has 2 N–H and O–H groups in total. The quantitative estimate of drug-likeness (QED) is 0.806. The summed E-state index contributed by atoms with van der Waals surface area (Å²) in [5, 5.41) is 5.51. The van der Waals surface area contributed by atoms with E-state index in [1.54, 1.807) is 0 Å². The Morgan fingerprint density at radius 2 is 2.24 bits per heavy atom. The van der Waals surface area contributed by atoms with Crippen LogP contribution in [-0.4, -0.2) is 22.2 Å². The van der Waals surface area contributed by atoms with E-state index < -0.39 is 6.03 Å². The highest BCUT2D eigenvalue weighted by Crippen LogP contribution is 2.15. The molecule has 2 amide bonds. The molecular weight excluding hydrogens is 236 g/mol. The lowest BCUT2D eigenvalue weighted by atomic mass is 10.3. The molecule has 5 nitrogen and oxygen atoms in total. The number of benzene rings is 1. The van der Waals surface area contributed by atoms with Crippen molar-refractivity contribution in [2.75, 3.05) is 6.54 Å². The molecule has 1 aromatic carbocycles. The van der Waals surface area contributed by atoms with Crippen LogP contribution >= 0.6 is 11.3 Å². The van der Waals surface area contributed by atoms with Gasteiger partial charge in [0.2, 0.25) is 4.80 Å². The van der Waals surface area contributed by atoms with Gasteiger partial charge in [-0.05, 0) is 19.1 Å². The monoisotopic (exact) mass is 250 g/mol. The van der Waals surface area contributed by atoms with Crippen LogP contribution in [0.4, 0.5) is 4.79 Å². The number of hydrogen-bond donors (Lipinski definition) is 1. The zero-order valence-electron chi connectivity index (χ0n) is 9.75. The molecule has 2 aromatic rings. The number of fused-ring (bicyclic) bond motifs is 1. The van der Waals surface area contributed by atoms with E-state index in [0.29, 0.717) is 6.54 Å². The van der Waals surface area contributed by atoms with Crippen molar-refractivity contribution in [2.24, 2.45) is 17.9 Å². The third kappa shape index (κ3) is 2.16. The zero-order valence-corrected chi connectivity index (χ0v) is 10.6. The number of primary amides is 1. The summed E-state index contributed by atoms with van der Waals surface area (Å²) in [6, 6.07) is 7.47. The summed E-state index contributed by atoms with van der Waals surface area (Å²) < 4.78 is 3.08. The van der Waals surface area contributed by atoms with Crippen molar-refractivity contribution < 1.29 is 4.79 Å². The summed E-state index contributed by atoms with van der Waals surface area (Å²) >= 11 is 1.53. The van der Waals surface area contributed by atoms with Gasteiger partial charge in [0.15, 0.2) is 0 Å². The van der Waals surface area contributed by atoms with Gasteiger partial charge in [-0.15, -0.1) is 5.10 Å². The van der Waals surface area contributed by atoms with Gasteiger partial charge in [-0.1, -0.05) is 23.5 Å². The third-order valence-corrected chi connectivity index (χ3v) is 3.58. The first-order valence-corrected chi connectivity index (χ1v) is 6.11. The number of nitrogens with zero attached hydrogens (tertiary/aromatic N) is 3. The predicted octanol–water partition coefficient (Wildman–Crippen LogP) is 1.46. The molecule has 2 rings (SSSR count). The number of thiazole rings is 1. The summed E-state index contributed by atoms with van der Waals surface area (Å²) in [6.45, 7) is 2.30. The Bertz CT molecular complexity index is 613. The van der Waals surface area contributed by atoms with E-state index in [2.05, 4.69) is 5.10 Å². The van der Waals surface area contributed by atoms with Crippen LogP contribution in [0.15, 0.2) is 29.4 Å². The van der Waals surface area contributed by atoms with Gasteiger partial charge in [0.05, 0.1) is 10.2 Å². The van der Waals surface area contributed by atoms with E-state index in [9.17, 15) is 4.79 Å². The number of aromatic nitrogens is 1. The fourth-order valence-corrected chi connectivity index (χ4v) is 2.58. The van der Waals surface area contributed by atoms with Gasteiger partial charge in [0.25, 0.3) is 0 Å². The van der Waals surface area contributed by atoms with Gasteiger partial charge in [0.1, 0.15) is 0 Å². The van der Waals surface area contributed by atoms with Crippen LogP contribution in [0.3, 0.4) is 0 Å². The topological polar surface area (TPSA) is 63.6 Å². The van der Waals surface area contributed by atoms with Crippen molar-refractivity contribution >= 4 is 27.6 Å². The van der Waals surface area contributed by atoms with Crippen LogP contribution in [-0.2, 0) is 7.05 Å². The van der Waals surface area contributed by atoms with Gasteiger partial charge in [-0.3, -0.25) is 0 Å². The zero-order chi connectivity index (χ0) is 12.4. The van der Waals surface area contributed by atoms with Gasteiger partial charge in [-0.2, -0.15) is 0 Å². The average molecular weight is 250 g/mol. The number of amides is 2. The number of carbonyl (C=O) groups is 1. The highest BCUT2D eigenvalue weighted by Gasteiger charge is 2.06. The molecule has 17 heavy (non-hydrogen) atoms. The van der Waals surface area contributed by atoms with Crippen molar-refractivity contribution in [1.29, 1.82) is 0 Å². The van der Waals surface area contributed by atoms with E-state index in [1.807, 2.05) is 42.8 Å². The molecule has 0 radical (unpaired) electrons. The number of nitrogens with two attached hydrogens (primary N) is 1. The summed E-state index contributed by atoms with van der Waals surface area (Å²) in [4.78, 5) is 11.9. The Hall–Kier alpha value is -1.82. The minimum absolute atomic E-state index is 0.462. The van der Waals surface area contributed by atoms with E-state index in [-0.39, 0.29) is 0 Å². The molecule has 0 unspecified atom stereocenters. The fraction of sp³-hybridized carbons (Fsp3) is 0.273. The van der Waals surface area contributed by atoms with Crippen LogP contribution in [0, 0.1) is 0 Å². The maximum absolute atomic E-state index is 11.1. The first kappa shape index (κ1) is 11.7. The van der Waals surface area contributed by atoms with E-state index in [4.69, 9.17) is 5.73 Å². The molecular formula is C11H14N4OS. The minimum Gasteiger partial charge on any atom is -0.350 e. The Labute approximate surface area is 103 Å². The van der Waals surface area contributed by atoms with Crippen molar-refractivity contribution in [3.63, 3.8) is 0 Å². The van der Waals surface area contributed by atoms with Gasteiger partial charge >= 0.3 is 6.03 Å². The lowest BCUT2D eigenvalue weighted by molar-refractivity contribution is 0.210. The third-order valence-electron chi connectivity index (χ3n) is 2.47. The maximum atomic E-state index is 11.1. The molecule has 0 aliphatic carbocycles. The number of hydrogen-bond acceptors (Lipinski definition) is 3. The van der Waals surface area contributed by atoms with E-state index in [1.165, 1.54) is 16.3 Å². The van der Waals surface area contributed by atoms with Gasteiger partial charge in [-0.25, -0.2) is 9.80 Å². The molecule has 0 spiro atoms. The largest absolute Gasteiger partial charge is 0.350 e. The fourth-order valence-electron chi connectivity index (χ4n) is 1.56. The smallest absolute Gasteiger partial charge is 0.335 e. The Morgan fingerprint density at radius 1 is 1.53 bits per heavy atom. The number of para-hydroxylation sites is 1. The molecule has 1 heterocycles. The second-order valence-electron chi connectivity index (χ2n) is 3.57. The van der Waals surface area contributed by atoms with Crippen molar-refractivity contribution in [3.8, 4) is 0 Å². The van der Waals surface area contributed by atoms with Crippen molar-refractivity contribution in [2.45, 2.75) is 6.92 Å². The van der Waals surface area contributed by atoms with Gasteiger partial charge < -0.3 is 10.3 Å². The Balaban J connectivity index is 2.59. The van der Waals surface area contributed by atoms with E-state index >= 15 is 0 Å². The van der Waals surface area contributed by atoms with Crippen LogP contribution < -0.4 is 10.5 Å². The molecule has 6 heteroatoms. The first-order chi connectivity index (χ1) is 8.13. The molecule has 0 fully saturated rings. The second kappa shape index (κ2) is 4.58. The summed E-state index contributed by atoms with van der Waals surface area (Å²) in [5.74, 6) is 0. The minimum atomic E-state index is -0.537. The highest BCUT2D eigenvalue weighted by molar-refractivity contribution is 7.16. The highest BCUT2D eigenvalue weighted by atomic mass is 32.1. The van der Waals surface area contributed by atoms with Crippen molar-refractivity contribution in [1.82, 2.24) is 9.58 Å². The number of aryl methyl sites for hydroxylation is 1.